The summed E-state index contributed by atoms with van der Waals surface area (Å²) in [6.07, 6.45) is 6.10. The molecule has 0 saturated carbocycles. The lowest BCUT2D eigenvalue weighted by atomic mass is 10.0. The number of oxime groups is 1. The summed E-state index contributed by atoms with van der Waals surface area (Å²) < 4.78 is 12.1. The van der Waals surface area contributed by atoms with Gasteiger partial charge in [-0.1, -0.05) is 5.16 Å². The lowest BCUT2D eigenvalue weighted by molar-refractivity contribution is -0.688. The van der Waals surface area contributed by atoms with E-state index in [9.17, 15) is 29.4 Å². The number of nitrogens with two attached hydrogens (primary N) is 1. The number of thioether (sulfide) groups is 1. The molecule has 0 radical (unpaired) electrons. The van der Waals surface area contributed by atoms with E-state index in [0.717, 1.165) is 16.5 Å². The van der Waals surface area contributed by atoms with Gasteiger partial charge in [0, 0.05) is 22.8 Å². The standard InChI is InChI=1S/C24H22N6O9S/c1-24(2,22(35)36)39-28-15(13-9-38-23(25)26-13)18(31)27-16-19(32)30-17(21(33)34)12(10-40-20(16)30)7-29-5-3-11-4-6-37-14(11)8-29/h3-6,8-9,16,20H,7,10H2,1-2H3,(H4-,25,26,27,31,33,34,35,36)/p+1/t16?,20-/m1/s1. The monoisotopic (exact) mass is 571 g/mol. The number of anilines is 1. The first-order valence-electron chi connectivity index (χ1n) is 11.7. The highest BCUT2D eigenvalue weighted by Gasteiger charge is 2.55. The van der Waals surface area contributed by atoms with Gasteiger partial charge in [-0.15, -0.1) is 11.8 Å². The number of oxazole rings is 1. The van der Waals surface area contributed by atoms with Crippen LogP contribution in [0.15, 0.2) is 62.3 Å². The van der Waals surface area contributed by atoms with E-state index in [1.165, 1.54) is 25.6 Å². The first-order chi connectivity index (χ1) is 19.0. The zero-order chi connectivity index (χ0) is 28.8. The van der Waals surface area contributed by atoms with Crippen molar-refractivity contribution in [2.45, 2.75) is 37.4 Å². The second kappa shape index (κ2) is 10.0. The van der Waals surface area contributed by atoms with Gasteiger partial charge in [0.05, 0.1) is 6.26 Å². The molecule has 2 atom stereocenters. The number of rotatable bonds is 9. The van der Waals surface area contributed by atoms with Crippen LogP contribution in [-0.2, 0) is 30.6 Å². The number of amides is 2. The van der Waals surface area contributed by atoms with Gasteiger partial charge >= 0.3 is 11.9 Å². The topological polar surface area (TPSA) is 215 Å². The molecule has 0 aliphatic carbocycles. The highest BCUT2D eigenvalue weighted by molar-refractivity contribution is 8.00. The van der Waals surface area contributed by atoms with E-state index in [-0.39, 0.29) is 29.7 Å². The number of carboxylic acids is 2. The Morgan fingerprint density at radius 2 is 2.10 bits per heavy atom. The minimum atomic E-state index is -1.79. The number of aromatic nitrogens is 2. The van der Waals surface area contributed by atoms with E-state index in [4.69, 9.17) is 19.4 Å². The summed E-state index contributed by atoms with van der Waals surface area (Å²) >= 11 is 1.28. The van der Waals surface area contributed by atoms with Gasteiger partial charge in [0.2, 0.25) is 11.8 Å². The lowest BCUT2D eigenvalue weighted by Gasteiger charge is -2.49. The number of carboxylic acid groups (broad SMARTS) is 2. The number of carbonyl (C=O) groups is 4. The predicted octanol–water partition coefficient (Wildman–Crippen LogP) is 0.313. The average molecular weight is 572 g/mol. The van der Waals surface area contributed by atoms with Crippen molar-refractivity contribution in [2.24, 2.45) is 5.16 Å². The number of hydrogen-bond acceptors (Lipinski definition) is 11. The maximum atomic E-state index is 13.2. The Morgan fingerprint density at radius 3 is 2.77 bits per heavy atom. The molecule has 0 bridgehead atoms. The van der Waals surface area contributed by atoms with E-state index in [0.29, 0.717) is 11.2 Å². The van der Waals surface area contributed by atoms with Crippen molar-refractivity contribution in [3.8, 4) is 0 Å². The normalized spacial score (nSPS) is 19.3. The summed E-state index contributed by atoms with van der Waals surface area (Å²) in [6, 6.07) is 2.27. The van der Waals surface area contributed by atoms with Crippen molar-refractivity contribution < 1.29 is 47.6 Å². The van der Waals surface area contributed by atoms with Gasteiger partial charge in [-0.2, -0.15) is 9.55 Å². The molecular formula is C24H23N6O9S+. The summed E-state index contributed by atoms with van der Waals surface area (Å²) in [5.41, 5.74) is 4.04. The van der Waals surface area contributed by atoms with E-state index in [1.54, 1.807) is 23.2 Å². The van der Waals surface area contributed by atoms with Crippen molar-refractivity contribution in [3.63, 3.8) is 0 Å². The summed E-state index contributed by atoms with van der Waals surface area (Å²) in [5, 5.41) is 25.6. The fraction of sp³-hybridized carbons (Fsp3) is 0.292. The minimum Gasteiger partial charge on any atom is -0.478 e. The maximum Gasteiger partial charge on any atom is 0.352 e. The zero-order valence-electron chi connectivity index (χ0n) is 21.1. The fourth-order valence-electron chi connectivity index (χ4n) is 4.08. The van der Waals surface area contributed by atoms with Crippen LogP contribution in [0.2, 0.25) is 0 Å². The quantitative estimate of drug-likeness (QED) is 0.118. The van der Waals surface area contributed by atoms with Gasteiger partial charge < -0.3 is 34.9 Å². The molecule has 2 aliphatic heterocycles. The van der Waals surface area contributed by atoms with Gasteiger partial charge in [0.1, 0.15) is 29.1 Å². The number of β-lactam (4-membered cyclic amide) rings is 1. The predicted molar refractivity (Wildman–Crippen MR) is 136 cm³/mol. The molecule has 2 amide bonds. The van der Waals surface area contributed by atoms with Crippen LogP contribution in [0.25, 0.3) is 11.0 Å². The number of furan rings is 1. The van der Waals surface area contributed by atoms with Crippen molar-refractivity contribution in [1.29, 1.82) is 0 Å². The maximum absolute atomic E-state index is 13.2. The number of carbonyl (C=O) groups excluding carboxylic acids is 2. The number of fused-ring (bicyclic) bond motifs is 2. The molecule has 15 nitrogen and oxygen atoms in total. The third-order valence-electron chi connectivity index (χ3n) is 6.23. The average Bonchev–Trinajstić information content (AvgIpc) is 3.55. The number of pyridine rings is 1. The Bertz CT molecular complexity index is 1610. The summed E-state index contributed by atoms with van der Waals surface area (Å²) in [5.74, 6) is -3.91. The SMILES string of the molecule is CC(C)(ON=C(C(=O)NC1C(=O)N2C(C(=O)O)=C(C[n+]3ccc4ccoc4c3)CS[C@H]12)c1coc(N)n1)C(=O)O. The van der Waals surface area contributed by atoms with Crippen LogP contribution in [0.3, 0.4) is 0 Å². The molecule has 5 heterocycles. The highest BCUT2D eigenvalue weighted by atomic mass is 32.2. The van der Waals surface area contributed by atoms with E-state index in [1.807, 2.05) is 12.1 Å². The van der Waals surface area contributed by atoms with Crippen molar-refractivity contribution in [2.75, 3.05) is 11.5 Å². The first-order valence-corrected chi connectivity index (χ1v) is 12.8. The number of aliphatic carboxylic acids is 2. The Labute approximate surface area is 229 Å². The van der Waals surface area contributed by atoms with Crippen LogP contribution >= 0.6 is 11.8 Å². The molecule has 2 aliphatic rings. The molecule has 1 saturated heterocycles. The van der Waals surface area contributed by atoms with Crippen LogP contribution in [0.4, 0.5) is 6.01 Å². The number of nitrogen functional groups attached to an aromatic ring is 1. The van der Waals surface area contributed by atoms with Gasteiger partial charge in [0.25, 0.3) is 17.8 Å². The van der Waals surface area contributed by atoms with Crippen LogP contribution in [0, 0.1) is 0 Å². The van der Waals surface area contributed by atoms with Crippen molar-refractivity contribution >= 4 is 58.2 Å². The second-order valence-electron chi connectivity index (χ2n) is 9.39. The molecule has 40 heavy (non-hydrogen) atoms. The van der Waals surface area contributed by atoms with E-state index in [2.05, 4.69) is 15.5 Å². The molecule has 5 rings (SSSR count). The molecule has 16 heteroatoms. The molecule has 1 fully saturated rings. The Morgan fingerprint density at radius 1 is 1.32 bits per heavy atom. The summed E-state index contributed by atoms with van der Waals surface area (Å²) in [4.78, 5) is 59.9. The lowest BCUT2D eigenvalue weighted by Crippen LogP contribution is -2.71. The fourth-order valence-corrected chi connectivity index (χ4v) is 5.41. The van der Waals surface area contributed by atoms with E-state index < -0.39 is 46.5 Å². The third kappa shape index (κ3) is 4.84. The van der Waals surface area contributed by atoms with Crippen LogP contribution in [-0.4, -0.2) is 72.3 Å². The molecule has 1 unspecified atom stereocenters. The molecule has 0 spiro atoms. The Hall–Kier alpha value is -4.86. The van der Waals surface area contributed by atoms with Crippen molar-refractivity contribution in [1.82, 2.24) is 15.2 Å². The Kier molecular flexibility index (Phi) is 6.70. The largest absolute Gasteiger partial charge is 0.478 e. The molecule has 0 aromatic carbocycles. The highest BCUT2D eigenvalue weighted by Crippen LogP contribution is 2.40. The molecular weight excluding hydrogens is 548 g/mol. The van der Waals surface area contributed by atoms with Crippen LogP contribution < -0.4 is 15.6 Å². The van der Waals surface area contributed by atoms with Gasteiger partial charge in [-0.25, -0.2) is 9.59 Å². The summed E-state index contributed by atoms with van der Waals surface area (Å²) in [6.45, 7) is 2.65. The number of nitrogens with one attached hydrogen (secondary N) is 1. The smallest absolute Gasteiger partial charge is 0.352 e. The van der Waals surface area contributed by atoms with Gasteiger partial charge in [-0.05, 0) is 19.9 Å². The minimum absolute atomic E-state index is 0.156. The molecule has 3 aromatic heterocycles. The third-order valence-corrected chi connectivity index (χ3v) is 7.57. The second-order valence-corrected chi connectivity index (χ2v) is 10.5. The Balaban J connectivity index is 1.36. The molecule has 5 N–H and O–H groups in total. The van der Waals surface area contributed by atoms with Crippen LogP contribution in [0.1, 0.15) is 19.5 Å². The van der Waals surface area contributed by atoms with E-state index >= 15 is 0 Å². The zero-order valence-corrected chi connectivity index (χ0v) is 21.9. The number of nitrogens with zero attached hydrogens (tertiary/aromatic N) is 4. The van der Waals surface area contributed by atoms with Crippen LogP contribution in [0.5, 0.6) is 0 Å². The van der Waals surface area contributed by atoms with Crippen molar-refractivity contribution in [3.05, 3.63) is 54.0 Å². The van der Waals surface area contributed by atoms with Gasteiger partial charge in [-0.3, -0.25) is 14.5 Å². The summed E-state index contributed by atoms with van der Waals surface area (Å²) in [7, 11) is 0. The number of hydrogen-bond donors (Lipinski definition) is 4. The first kappa shape index (κ1) is 26.7. The molecule has 208 valence electrons. The molecule has 3 aromatic rings. The van der Waals surface area contributed by atoms with Gasteiger partial charge in [0.15, 0.2) is 24.0 Å².